The molecule has 0 aliphatic heterocycles. The van der Waals surface area contributed by atoms with Gasteiger partial charge in [-0.3, -0.25) is 5.73 Å². The van der Waals surface area contributed by atoms with Crippen LogP contribution in [0.15, 0.2) is 0 Å². The van der Waals surface area contributed by atoms with Crippen molar-refractivity contribution in [2.45, 2.75) is 27.2 Å². The summed E-state index contributed by atoms with van der Waals surface area (Å²) in [5, 5.41) is 14.5. The number of rotatable bonds is 8. The molecule has 0 rings (SSSR count). The normalized spacial score (nSPS) is 17.8. The van der Waals surface area contributed by atoms with E-state index in [0.29, 0.717) is 24.3 Å². The summed E-state index contributed by atoms with van der Waals surface area (Å²) in [6.45, 7) is 8.52. The second-order valence-electron chi connectivity index (χ2n) is 4.70. The SMILES string of the molecule is CNCC(CC[NH+]([O-])CN)[C@H](C)C(C)C. The Morgan fingerprint density at radius 1 is 1.33 bits per heavy atom. The van der Waals surface area contributed by atoms with Gasteiger partial charge in [-0.15, -0.1) is 0 Å². The van der Waals surface area contributed by atoms with Crippen LogP contribution < -0.4 is 16.1 Å². The summed E-state index contributed by atoms with van der Waals surface area (Å²) in [5.41, 5.74) is 5.30. The second-order valence-corrected chi connectivity index (χ2v) is 4.70. The first kappa shape index (κ1) is 14.8. The maximum absolute atomic E-state index is 11.2. The summed E-state index contributed by atoms with van der Waals surface area (Å²) in [7, 11) is 1.96. The van der Waals surface area contributed by atoms with Crippen molar-refractivity contribution in [3.63, 3.8) is 0 Å². The zero-order chi connectivity index (χ0) is 11.8. The molecule has 0 radical (unpaired) electrons. The molecule has 0 spiro atoms. The first-order valence-electron chi connectivity index (χ1n) is 5.89. The Kier molecular flexibility index (Phi) is 7.96. The summed E-state index contributed by atoms with van der Waals surface area (Å²) < 4.78 is 0. The van der Waals surface area contributed by atoms with Gasteiger partial charge in [-0.2, -0.15) is 0 Å². The van der Waals surface area contributed by atoms with Crippen LogP contribution in [0, 0.1) is 23.0 Å². The number of hydrogen-bond acceptors (Lipinski definition) is 3. The Morgan fingerprint density at radius 3 is 2.33 bits per heavy atom. The highest BCUT2D eigenvalue weighted by molar-refractivity contribution is 4.70. The number of hydroxylamine groups is 2. The third-order valence-corrected chi connectivity index (χ3v) is 3.28. The molecule has 4 heteroatoms. The van der Waals surface area contributed by atoms with Crippen molar-refractivity contribution in [2.75, 3.05) is 26.8 Å². The van der Waals surface area contributed by atoms with Gasteiger partial charge in [0.15, 0.2) is 0 Å². The molecule has 0 fully saturated rings. The summed E-state index contributed by atoms with van der Waals surface area (Å²) in [4.78, 5) is 0. The van der Waals surface area contributed by atoms with Crippen molar-refractivity contribution in [1.82, 2.24) is 5.32 Å². The van der Waals surface area contributed by atoms with Crippen molar-refractivity contribution >= 4 is 0 Å². The fourth-order valence-electron chi connectivity index (χ4n) is 1.81. The first-order valence-corrected chi connectivity index (χ1v) is 5.89. The minimum Gasteiger partial charge on any atom is -0.633 e. The Balaban J connectivity index is 4.03. The molecule has 15 heavy (non-hydrogen) atoms. The zero-order valence-corrected chi connectivity index (χ0v) is 10.5. The lowest BCUT2D eigenvalue weighted by molar-refractivity contribution is -0.848. The molecular weight excluding hydrogens is 190 g/mol. The van der Waals surface area contributed by atoms with Gasteiger partial charge in [0.05, 0.1) is 6.54 Å². The highest BCUT2D eigenvalue weighted by Crippen LogP contribution is 2.22. The van der Waals surface area contributed by atoms with E-state index in [9.17, 15) is 5.21 Å². The molecule has 4 nitrogen and oxygen atoms in total. The Hall–Kier alpha value is -0.160. The summed E-state index contributed by atoms with van der Waals surface area (Å²) in [6.07, 6.45) is 0.955. The molecule has 0 saturated heterocycles. The smallest absolute Gasteiger partial charge is 0.128 e. The minimum absolute atomic E-state index is 0.173. The van der Waals surface area contributed by atoms with Gasteiger partial charge in [-0.25, -0.2) is 0 Å². The van der Waals surface area contributed by atoms with Gasteiger partial charge in [-0.05, 0) is 31.3 Å². The summed E-state index contributed by atoms with van der Waals surface area (Å²) >= 11 is 0. The fraction of sp³-hybridized carbons (Fsp3) is 1.00. The van der Waals surface area contributed by atoms with Crippen LogP contribution in [0.1, 0.15) is 27.2 Å². The Morgan fingerprint density at radius 2 is 1.93 bits per heavy atom. The fourth-order valence-corrected chi connectivity index (χ4v) is 1.81. The maximum Gasteiger partial charge on any atom is 0.128 e. The van der Waals surface area contributed by atoms with Crippen molar-refractivity contribution in [1.29, 1.82) is 0 Å². The molecule has 4 N–H and O–H groups in total. The van der Waals surface area contributed by atoms with Crippen LogP contribution in [0.5, 0.6) is 0 Å². The van der Waals surface area contributed by atoms with E-state index in [1.807, 2.05) is 7.05 Å². The molecule has 0 saturated carbocycles. The predicted molar refractivity (Wildman–Crippen MR) is 64.3 cm³/mol. The molecule has 0 aromatic carbocycles. The van der Waals surface area contributed by atoms with Crippen molar-refractivity contribution in [3.8, 4) is 0 Å². The van der Waals surface area contributed by atoms with Crippen molar-refractivity contribution in [2.24, 2.45) is 23.5 Å². The van der Waals surface area contributed by atoms with Gasteiger partial charge in [0.2, 0.25) is 0 Å². The lowest BCUT2D eigenvalue weighted by Gasteiger charge is -2.29. The zero-order valence-electron chi connectivity index (χ0n) is 10.5. The van der Waals surface area contributed by atoms with Gasteiger partial charge in [0.1, 0.15) is 6.67 Å². The number of hydrogen-bond donors (Lipinski definition) is 3. The van der Waals surface area contributed by atoms with E-state index in [0.717, 1.165) is 13.0 Å². The van der Waals surface area contributed by atoms with Gasteiger partial charge in [-0.1, -0.05) is 20.8 Å². The molecule has 0 aromatic heterocycles. The lowest BCUT2D eigenvalue weighted by atomic mass is 9.83. The van der Waals surface area contributed by atoms with Crippen LogP contribution >= 0.6 is 0 Å². The Bertz CT molecular complexity index is 153. The lowest BCUT2D eigenvalue weighted by Crippen LogP contribution is -3.08. The second kappa shape index (κ2) is 8.05. The molecule has 0 aliphatic carbocycles. The third kappa shape index (κ3) is 6.10. The van der Waals surface area contributed by atoms with Crippen molar-refractivity contribution in [3.05, 3.63) is 5.21 Å². The van der Waals surface area contributed by atoms with E-state index < -0.39 is 0 Å². The standard InChI is InChI=1S/C11H27N3O/c1-9(2)10(3)11(7-13-4)5-6-14(15)8-12/h9-11,13-14H,5-8,12H2,1-4H3/t10-,11?/m1/s1. The maximum atomic E-state index is 11.2. The van der Waals surface area contributed by atoms with Crippen LogP contribution in [0.3, 0.4) is 0 Å². The monoisotopic (exact) mass is 217 g/mol. The van der Waals surface area contributed by atoms with Crippen LogP contribution in [0.4, 0.5) is 0 Å². The van der Waals surface area contributed by atoms with E-state index in [1.165, 1.54) is 0 Å². The summed E-state index contributed by atoms with van der Waals surface area (Å²) in [5.74, 6) is 1.88. The van der Waals surface area contributed by atoms with Crippen LogP contribution in [-0.2, 0) is 0 Å². The van der Waals surface area contributed by atoms with E-state index in [-0.39, 0.29) is 11.7 Å². The summed E-state index contributed by atoms with van der Waals surface area (Å²) in [6, 6.07) is 0. The molecule has 92 valence electrons. The average molecular weight is 217 g/mol. The van der Waals surface area contributed by atoms with Gasteiger partial charge >= 0.3 is 0 Å². The molecule has 0 aromatic rings. The quantitative estimate of drug-likeness (QED) is 0.390. The van der Waals surface area contributed by atoms with E-state index in [2.05, 4.69) is 26.1 Å². The number of nitrogens with two attached hydrogens (primary N) is 1. The minimum atomic E-state index is 0.173. The number of nitrogens with one attached hydrogen (secondary N) is 2. The highest BCUT2D eigenvalue weighted by atomic mass is 16.5. The van der Waals surface area contributed by atoms with Gasteiger partial charge in [0, 0.05) is 6.42 Å². The highest BCUT2D eigenvalue weighted by Gasteiger charge is 2.20. The molecule has 0 bridgehead atoms. The predicted octanol–water partition coefficient (Wildman–Crippen LogP) is -0.197. The largest absolute Gasteiger partial charge is 0.633 e. The number of quaternary nitrogens is 1. The molecule has 3 atom stereocenters. The van der Waals surface area contributed by atoms with E-state index in [1.54, 1.807) is 0 Å². The Labute approximate surface area is 93.8 Å². The molecule has 2 unspecified atom stereocenters. The first-order chi connectivity index (χ1) is 7.02. The van der Waals surface area contributed by atoms with Crippen molar-refractivity contribution < 1.29 is 5.06 Å². The van der Waals surface area contributed by atoms with Crippen LogP contribution in [0.2, 0.25) is 0 Å². The topological polar surface area (TPSA) is 65.5 Å². The third-order valence-electron chi connectivity index (χ3n) is 3.28. The molecule has 0 amide bonds. The van der Waals surface area contributed by atoms with Gasteiger partial charge < -0.3 is 15.6 Å². The average Bonchev–Trinajstić information content (AvgIpc) is 2.22. The van der Waals surface area contributed by atoms with E-state index in [4.69, 9.17) is 5.73 Å². The van der Waals surface area contributed by atoms with Gasteiger partial charge in [0.25, 0.3) is 0 Å². The molecular formula is C11H27N3O. The molecule has 0 heterocycles. The van der Waals surface area contributed by atoms with Crippen LogP contribution in [-0.4, -0.2) is 26.8 Å². The molecule has 0 aliphatic rings. The van der Waals surface area contributed by atoms with Crippen LogP contribution in [0.25, 0.3) is 0 Å². The van der Waals surface area contributed by atoms with E-state index >= 15 is 0 Å².